The Morgan fingerprint density at radius 1 is 0.536 bits per heavy atom. The molecule has 0 aromatic heterocycles. The number of hydrogen-bond donors (Lipinski definition) is 2. The lowest BCUT2D eigenvalue weighted by atomic mass is 10.0. The highest BCUT2D eigenvalue weighted by Gasteiger charge is 2.26. The predicted octanol–water partition coefficient (Wildman–Crippen LogP) is 13.6. The molecular formula is C46H88NO8P. The molecule has 10 heteroatoms. The molecule has 0 aliphatic carbocycles. The molecule has 0 rings (SSSR count). The van der Waals surface area contributed by atoms with Crippen molar-refractivity contribution in [3.8, 4) is 0 Å². The number of carbonyl (C=O) groups is 2. The third-order valence-electron chi connectivity index (χ3n) is 10.1. The summed E-state index contributed by atoms with van der Waals surface area (Å²) in [6, 6.07) is 0. The van der Waals surface area contributed by atoms with Gasteiger partial charge in [-0.05, 0) is 44.9 Å². The van der Waals surface area contributed by atoms with E-state index in [0.29, 0.717) is 6.42 Å². The van der Waals surface area contributed by atoms with E-state index in [1.165, 1.54) is 154 Å². The van der Waals surface area contributed by atoms with Gasteiger partial charge in [-0.1, -0.05) is 192 Å². The second-order valence-corrected chi connectivity index (χ2v) is 17.1. The SMILES string of the molecule is CCCCC/C=C\C/C=C\CCCCCCCCCCCC(=O)OC[C@H](COP(=O)(O)OCCN)OC(=O)CCCCCCCCCCCCCCCCCC. The average Bonchev–Trinajstić information content (AvgIpc) is 3.18. The standard InChI is InChI=1S/C46H88NO8P/c1-3-5-7-9-11-13-15-17-19-21-22-23-25-26-28-30-32-34-36-38-45(48)52-42-44(43-54-56(50,51)53-41-40-47)55-46(49)39-37-35-33-31-29-27-24-20-18-16-14-12-10-8-6-4-2/h11,13,17,19,44H,3-10,12,14-16,18,20-43,47H2,1-2H3,(H,50,51)/b13-11-,19-17-/t44-/m1/s1. The number of phosphoric ester groups is 1. The Balaban J connectivity index is 4.08. The number of esters is 2. The smallest absolute Gasteiger partial charge is 0.462 e. The minimum atomic E-state index is -4.37. The fraction of sp³-hybridized carbons (Fsp3) is 0.870. The highest BCUT2D eigenvalue weighted by atomic mass is 31.2. The van der Waals surface area contributed by atoms with E-state index in [9.17, 15) is 19.0 Å². The molecule has 3 N–H and O–H groups in total. The first-order chi connectivity index (χ1) is 27.3. The number of hydrogen-bond acceptors (Lipinski definition) is 8. The Morgan fingerprint density at radius 2 is 0.929 bits per heavy atom. The van der Waals surface area contributed by atoms with Gasteiger partial charge in [0.2, 0.25) is 0 Å². The first kappa shape index (κ1) is 54.5. The summed E-state index contributed by atoms with van der Waals surface area (Å²) in [4.78, 5) is 34.9. The number of rotatable bonds is 44. The predicted molar refractivity (Wildman–Crippen MR) is 234 cm³/mol. The van der Waals surface area contributed by atoms with Crippen molar-refractivity contribution in [3.05, 3.63) is 24.3 Å². The fourth-order valence-electron chi connectivity index (χ4n) is 6.61. The van der Waals surface area contributed by atoms with Gasteiger partial charge in [-0.3, -0.25) is 18.6 Å². The number of phosphoric acid groups is 1. The number of nitrogens with two attached hydrogens (primary N) is 1. The summed E-state index contributed by atoms with van der Waals surface area (Å²) >= 11 is 0. The Kier molecular flexibility index (Phi) is 41.9. The van der Waals surface area contributed by atoms with Gasteiger partial charge in [0, 0.05) is 19.4 Å². The molecule has 0 heterocycles. The molecule has 0 aromatic carbocycles. The van der Waals surface area contributed by atoms with Crippen LogP contribution in [0.2, 0.25) is 0 Å². The van der Waals surface area contributed by atoms with Crippen molar-refractivity contribution in [2.75, 3.05) is 26.4 Å². The minimum absolute atomic E-state index is 0.0547. The van der Waals surface area contributed by atoms with Gasteiger partial charge in [-0.25, -0.2) is 4.57 Å². The van der Waals surface area contributed by atoms with Crippen molar-refractivity contribution < 1.29 is 37.6 Å². The second kappa shape index (κ2) is 43.1. The van der Waals surface area contributed by atoms with Crippen molar-refractivity contribution >= 4 is 19.8 Å². The van der Waals surface area contributed by atoms with Gasteiger partial charge in [0.05, 0.1) is 13.2 Å². The average molecular weight is 814 g/mol. The van der Waals surface area contributed by atoms with E-state index >= 15 is 0 Å². The zero-order chi connectivity index (χ0) is 41.1. The van der Waals surface area contributed by atoms with E-state index in [1.54, 1.807) is 0 Å². The number of unbranched alkanes of at least 4 members (excludes halogenated alkanes) is 27. The van der Waals surface area contributed by atoms with Crippen LogP contribution < -0.4 is 5.73 Å². The van der Waals surface area contributed by atoms with Crippen molar-refractivity contribution in [2.24, 2.45) is 5.73 Å². The molecule has 330 valence electrons. The quantitative estimate of drug-likeness (QED) is 0.0267. The molecule has 2 atom stereocenters. The highest BCUT2D eigenvalue weighted by molar-refractivity contribution is 7.47. The molecule has 0 amide bonds. The zero-order valence-corrected chi connectivity index (χ0v) is 37.3. The van der Waals surface area contributed by atoms with Crippen LogP contribution in [0.5, 0.6) is 0 Å². The molecule has 56 heavy (non-hydrogen) atoms. The van der Waals surface area contributed by atoms with Crippen LogP contribution in [0.15, 0.2) is 24.3 Å². The first-order valence-corrected chi connectivity index (χ1v) is 24.8. The van der Waals surface area contributed by atoms with Crippen molar-refractivity contribution in [1.82, 2.24) is 0 Å². The molecule has 0 radical (unpaired) electrons. The summed E-state index contributed by atoms with van der Waals surface area (Å²) < 4.78 is 32.8. The van der Waals surface area contributed by atoms with E-state index in [2.05, 4.69) is 38.2 Å². The van der Waals surface area contributed by atoms with Gasteiger partial charge in [0.25, 0.3) is 0 Å². The first-order valence-electron chi connectivity index (χ1n) is 23.3. The summed E-state index contributed by atoms with van der Waals surface area (Å²) in [5, 5.41) is 0. The molecule has 0 aromatic rings. The Bertz CT molecular complexity index is 975. The maximum absolute atomic E-state index is 12.6. The fourth-order valence-corrected chi connectivity index (χ4v) is 7.37. The van der Waals surface area contributed by atoms with Gasteiger partial charge in [0.1, 0.15) is 6.61 Å². The number of allylic oxidation sites excluding steroid dienone is 4. The lowest BCUT2D eigenvalue weighted by molar-refractivity contribution is -0.161. The van der Waals surface area contributed by atoms with E-state index in [1.807, 2.05) is 0 Å². The Labute approximate surface area is 344 Å². The number of carbonyl (C=O) groups excluding carboxylic acids is 2. The highest BCUT2D eigenvalue weighted by Crippen LogP contribution is 2.43. The lowest BCUT2D eigenvalue weighted by Gasteiger charge is -2.19. The third-order valence-corrected chi connectivity index (χ3v) is 11.1. The monoisotopic (exact) mass is 814 g/mol. The summed E-state index contributed by atoms with van der Waals surface area (Å²) in [5.41, 5.74) is 5.35. The molecule has 0 saturated heterocycles. The van der Waals surface area contributed by atoms with Crippen LogP contribution in [-0.4, -0.2) is 49.3 Å². The van der Waals surface area contributed by atoms with E-state index in [0.717, 1.165) is 38.5 Å². The summed E-state index contributed by atoms with van der Waals surface area (Å²) in [7, 11) is -4.37. The van der Waals surface area contributed by atoms with Gasteiger partial charge in [0.15, 0.2) is 6.10 Å². The molecule has 0 saturated carbocycles. The van der Waals surface area contributed by atoms with Crippen LogP contribution in [0.1, 0.15) is 226 Å². The summed E-state index contributed by atoms with van der Waals surface area (Å²) in [5.74, 6) is -0.823. The molecule has 0 bridgehead atoms. The van der Waals surface area contributed by atoms with Crippen LogP contribution in [0, 0.1) is 0 Å². The Hall–Kier alpha value is -1.51. The molecule has 0 spiro atoms. The normalized spacial score (nSPS) is 13.4. The summed E-state index contributed by atoms with van der Waals surface area (Å²) in [6.07, 6.45) is 46.3. The van der Waals surface area contributed by atoms with Crippen LogP contribution in [0.3, 0.4) is 0 Å². The third kappa shape index (κ3) is 42.1. The van der Waals surface area contributed by atoms with Crippen molar-refractivity contribution in [1.29, 1.82) is 0 Å². The molecular weight excluding hydrogens is 725 g/mol. The van der Waals surface area contributed by atoms with Gasteiger partial charge < -0.3 is 20.1 Å². The van der Waals surface area contributed by atoms with E-state index in [-0.39, 0.29) is 38.6 Å². The molecule has 1 unspecified atom stereocenters. The zero-order valence-electron chi connectivity index (χ0n) is 36.4. The minimum Gasteiger partial charge on any atom is -0.462 e. The van der Waals surface area contributed by atoms with Crippen LogP contribution in [0.4, 0.5) is 0 Å². The van der Waals surface area contributed by atoms with E-state index < -0.39 is 26.5 Å². The van der Waals surface area contributed by atoms with Crippen LogP contribution in [0.25, 0.3) is 0 Å². The maximum Gasteiger partial charge on any atom is 0.472 e. The van der Waals surface area contributed by atoms with E-state index in [4.69, 9.17) is 24.3 Å². The molecule has 0 aliphatic heterocycles. The van der Waals surface area contributed by atoms with Gasteiger partial charge in [-0.2, -0.15) is 0 Å². The Morgan fingerprint density at radius 3 is 1.39 bits per heavy atom. The largest absolute Gasteiger partial charge is 0.472 e. The van der Waals surface area contributed by atoms with Crippen LogP contribution >= 0.6 is 7.82 Å². The molecule has 0 aliphatic rings. The topological polar surface area (TPSA) is 134 Å². The van der Waals surface area contributed by atoms with Crippen molar-refractivity contribution in [3.63, 3.8) is 0 Å². The summed E-state index contributed by atoms with van der Waals surface area (Å²) in [6.45, 7) is 3.74. The molecule has 9 nitrogen and oxygen atoms in total. The van der Waals surface area contributed by atoms with Gasteiger partial charge >= 0.3 is 19.8 Å². The maximum atomic E-state index is 12.6. The van der Waals surface area contributed by atoms with Gasteiger partial charge in [-0.15, -0.1) is 0 Å². The van der Waals surface area contributed by atoms with Crippen molar-refractivity contribution in [2.45, 2.75) is 232 Å². The second-order valence-electron chi connectivity index (χ2n) is 15.6. The van der Waals surface area contributed by atoms with Crippen LogP contribution in [-0.2, 0) is 32.7 Å². The number of ether oxygens (including phenoxy) is 2. The lowest BCUT2D eigenvalue weighted by Crippen LogP contribution is -2.29. The molecule has 0 fully saturated rings.